The highest BCUT2D eigenvalue weighted by Crippen LogP contribution is 2.32. The van der Waals surface area contributed by atoms with Crippen LogP contribution in [-0.4, -0.2) is 14.7 Å². The number of nitrogens with zero attached hydrogens (tertiary/aromatic N) is 2. The van der Waals surface area contributed by atoms with Crippen molar-refractivity contribution < 1.29 is 5.11 Å². The number of rotatable bonds is 1. The van der Waals surface area contributed by atoms with E-state index in [1.165, 1.54) is 10.9 Å². The number of aromatic nitrogens is 1. The zero-order valence-electron chi connectivity index (χ0n) is 11.6. The molecule has 0 bridgehead atoms. The second-order valence-electron chi connectivity index (χ2n) is 5.40. The van der Waals surface area contributed by atoms with Crippen LogP contribution in [0.3, 0.4) is 0 Å². The first kappa shape index (κ1) is 12.4. The Morgan fingerprint density at radius 2 is 1.95 bits per heavy atom. The van der Waals surface area contributed by atoms with Gasteiger partial charge in [-0.05, 0) is 42.0 Å². The fourth-order valence-corrected chi connectivity index (χ4v) is 3.29. The molecule has 3 nitrogen and oxygen atoms in total. The average molecular weight is 294 g/mol. The molecule has 0 atom stereocenters. The summed E-state index contributed by atoms with van der Waals surface area (Å²) >= 11 is 5.57. The highest BCUT2D eigenvalue weighted by atomic mass is 32.1. The normalized spacial score (nSPS) is 14.0. The third kappa shape index (κ3) is 1.83. The van der Waals surface area contributed by atoms with Crippen molar-refractivity contribution in [3.8, 4) is 5.75 Å². The first-order valence-corrected chi connectivity index (χ1v) is 7.23. The zero-order chi connectivity index (χ0) is 14.6. The van der Waals surface area contributed by atoms with Crippen LogP contribution in [0.2, 0.25) is 0 Å². The predicted molar refractivity (Wildman–Crippen MR) is 88.9 cm³/mol. The van der Waals surface area contributed by atoms with Crippen LogP contribution >= 0.6 is 12.2 Å². The first-order chi connectivity index (χ1) is 10.1. The lowest BCUT2D eigenvalue weighted by molar-refractivity contribution is 0.475. The van der Waals surface area contributed by atoms with Gasteiger partial charge in [-0.1, -0.05) is 18.3 Å². The lowest BCUT2D eigenvalue weighted by Gasteiger charge is -2.18. The molecule has 4 heteroatoms. The first-order valence-electron chi connectivity index (χ1n) is 6.82. The number of aryl methyl sites for hydroxylation is 1. The molecule has 2 heterocycles. The van der Waals surface area contributed by atoms with Crippen LogP contribution in [0.25, 0.3) is 10.9 Å². The Morgan fingerprint density at radius 1 is 1.10 bits per heavy atom. The summed E-state index contributed by atoms with van der Waals surface area (Å²) in [5.74, 6) is 0.261. The van der Waals surface area contributed by atoms with Gasteiger partial charge in [-0.2, -0.15) is 0 Å². The van der Waals surface area contributed by atoms with E-state index in [-0.39, 0.29) is 5.75 Å². The number of hydrogen-bond acceptors (Lipinski definition) is 2. The average Bonchev–Trinajstić information content (AvgIpc) is 3.01. The van der Waals surface area contributed by atoms with Crippen LogP contribution in [0, 0.1) is 0 Å². The summed E-state index contributed by atoms with van der Waals surface area (Å²) in [7, 11) is 2.04. The number of thiocarbonyl (C=S) groups is 1. The van der Waals surface area contributed by atoms with E-state index in [9.17, 15) is 5.11 Å². The van der Waals surface area contributed by atoms with Crippen molar-refractivity contribution in [3.05, 3.63) is 59.8 Å². The minimum atomic E-state index is 0.261. The van der Waals surface area contributed by atoms with Crippen molar-refractivity contribution >= 4 is 33.8 Å². The lowest BCUT2D eigenvalue weighted by atomic mass is 10.1. The topological polar surface area (TPSA) is 28.4 Å². The molecule has 4 rings (SSSR count). The van der Waals surface area contributed by atoms with Gasteiger partial charge in [0, 0.05) is 41.9 Å². The van der Waals surface area contributed by atoms with E-state index < -0.39 is 0 Å². The van der Waals surface area contributed by atoms with Crippen molar-refractivity contribution in [3.63, 3.8) is 0 Å². The van der Waals surface area contributed by atoms with Crippen LogP contribution in [0.1, 0.15) is 11.1 Å². The predicted octanol–water partition coefficient (Wildman–Crippen LogP) is 3.58. The number of benzene rings is 2. The number of hydrogen-bond donors (Lipinski definition) is 1. The monoisotopic (exact) mass is 294 g/mol. The maximum Gasteiger partial charge on any atom is 0.116 e. The number of phenols is 1. The van der Waals surface area contributed by atoms with E-state index in [0.29, 0.717) is 0 Å². The molecule has 0 saturated heterocycles. The van der Waals surface area contributed by atoms with Crippen molar-refractivity contribution in [1.29, 1.82) is 0 Å². The summed E-state index contributed by atoms with van der Waals surface area (Å²) in [6.45, 7) is 0.757. The molecule has 0 radical (unpaired) electrons. The molecule has 0 unspecified atom stereocenters. The summed E-state index contributed by atoms with van der Waals surface area (Å²) < 4.78 is 2.11. The summed E-state index contributed by atoms with van der Waals surface area (Å²) in [6, 6.07) is 13.9. The van der Waals surface area contributed by atoms with Gasteiger partial charge in [0.15, 0.2) is 0 Å². The smallest absolute Gasteiger partial charge is 0.116 e. The minimum Gasteiger partial charge on any atom is -0.508 e. The summed E-state index contributed by atoms with van der Waals surface area (Å²) in [5, 5.41) is 10.8. The van der Waals surface area contributed by atoms with Crippen molar-refractivity contribution in [1.82, 2.24) is 4.57 Å². The van der Waals surface area contributed by atoms with E-state index in [0.717, 1.165) is 28.3 Å². The van der Waals surface area contributed by atoms with Gasteiger partial charge < -0.3 is 14.6 Å². The molecule has 1 aromatic heterocycles. The van der Waals surface area contributed by atoms with Gasteiger partial charge in [0.2, 0.25) is 0 Å². The fourth-order valence-electron chi connectivity index (χ4n) is 2.93. The zero-order valence-corrected chi connectivity index (χ0v) is 12.4. The molecule has 3 aromatic rings. The largest absolute Gasteiger partial charge is 0.508 e. The third-order valence-electron chi connectivity index (χ3n) is 4.08. The van der Waals surface area contributed by atoms with Gasteiger partial charge in [-0.15, -0.1) is 0 Å². The molecular formula is C17H14N2OS. The van der Waals surface area contributed by atoms with Gasteiger partial charge in [0.05, 0.1) is 0 Å². The highest BCUT2D eigenvalue weighted by molar-refractivity contribution is 7.81. The van der Waals surface area contributed by atoms with Gasteiger partial charge in [0.1, 0.15) is 10.7 Å². The second-order valence-corrected chi connectivity index (χ2v) is 5.79. The van der Waals surface area contributed by atoms with Gasteiger partial charge >= 0.3 is 0 Å². The van der Waals surface area contributed by atoms with Crippen molar-refractivity contribution in [2.75, 3.05) is 4.90 Å². The van der Waals surface area contributed by atoms with Crippen LogP contribution in [0.4, 0.5) is 5.69 Å². The van der Waals surface area contributed by atoms with E-state index in [1.807, 2.05) is 13.1 Å². The van der Waals surface area contributed by atoms with Gasteiger partial charge in [-0.25, -0.2) is 0 Å². The Labute approximate surface area is 128 Å². The number of fused-ring (bicyclic) bond motifs is 2. The molecule has 104 valence electrons. The minimum absolute atomic E-state index is 0.261. The summed E-state index contributed by atoms with van der Waals surface area (Å²) in [4.78, 5) is 2.89. The molecule has 0 fully saturated rings. The molecule has 0 amide bonds. The van der Waals surface area contributed by atoms with E-state index in [2.05, 4.69) is 39.9 Å². The molecule has 2 aromatic carbocycles. The van der Waals surface area contributed by atoms with Crippen LogP contribution in [0.15, 0.2) is 48.7 Å². The van der Waals surface area contributed by atoms with Crippen molar-refractivity contribution in [2.45, 2.75) is 6.54 Å². The quantitative estimate of drug-likeness (QED) is 0.695. The second kappa shape index (κ2) is 4.33. The van der Waals surface area contributed by atoms with E-state index >= 15 is 0 Å². The highest BCUT2D eigenvalue weighted by Gasteiger charge is 2.25. The molecule has 1 aliphatic heterocycles. The Hall–Kier alpha value is -2.33. The fraction of sp³-hybridized carbons (Fsp3) is 0.118. The molecular weight excluding hydrogens is 280 g/mol. The molecule has 0 saturated carbocycles. The Kier molecular flexibility index (Phi) is 2.56. The summed E-state index contributed by atoms with van der Waals surface area (Å²) in [6.07, 6.45) is 2.06. The SMILES string of the molecule is Cn1ccc2cc(N3Cc4ccc(O)cc4C3=S)ccc21. The van der Waals surface area contributed by atoms with Gasteiger partial charge in [-0.3, -0.25) is 0 Å². The molecule has 0 aliphatic carbocycles. The Bertz CT molecular complexity index is 882. The lowest BCUT2D eigenvalue weighted by Crippen LogP contribution is -2.21. The van der Waals surface area contributed by atoms with E-state index in [4.69, 9.17) is 12.2 Å². The van der Waals surface area contributed by atoms with Gasteiger partial charge in [0.25, 0.3) is 0 Å². The van der Waals surface area contributed by atoms with Crippen LogP contribution < -0.4 is 4.90 Å². The standard InChI is InChI=1S/C17H14N2OS/c1-18-7-6-11-8-13(3-5-16(11)18)19-10-12-2-4-14(20)9-15(12)17(19)21/h2-9,20H,10H2,1H3. The molecule has 0 spiro atoms. The maximum atomic E-state index is 9.63. The Balaban J connectivity index is 1.78. The van der Waals surface area contributed by atoms with Crippen LogP contribution in [0.5, 0.6) is 5.75 Å². The van der Waals surface area contributed by atoms with Crippen molar-refractivity contribution in [2.24, 2.45) is 7.05 Å². The number of aromatic hydroxyl groups is 1. The van der Waals surface area contributed by atoms with E-state index in [1.54, 1.807) is 12.1 Å². The molecule has 21 heavy (non-hydrogen) atoms. The Morgan fingerprint density at radius 3 is 2.81 bits per heavy atom. The molecule has 1 N–H and O–H groups in total. The number of anilines is 1. The number of phenolic OH excluding ortho intramolecular Hbond substituents is 1. The van der Waals surface area contributed by atoms with Crippen LogP contribution in [-0.2, 0) is 13.6 Å². The molecule has 1 aliphatic rings. The third-order valence-corrected chi connectivity index (χ3v) is 4.52. The maximum absolute atomic E-state index is 9.63. The summed E-state index contributed by atoms with van der Waals surface area (Å²) in [5.41, 5.74) is 4.41.